The van der Waals surface area contributed by atoms with E-state index in [1.807, 2.05) is 0 Å². The fourth-order valence-corrected chi connectivity index (χ4v) is 3.71. The van der Waals surface area contributed by atoms with Crippen LogP contribution < -0.4 is 10.4 Å². The minimum absolute atomic E-state index is 0.00584. The second-order valence-corrected chi connectivity index (χ2v) is 7.29. The van der Waals surface area contributed by atoms with Gasteiger partial charge in [-0.1, -0.05) is 24.3 Å². The van der Waals surface area contributed by atoms with Crippen molar-refractivity contribution in [1.29, 1.82) is 0 Å². The van der Waals surface area contributed by atoms with Crippen molar-refractivity contribution in [3.05, 3.63) is 51.9 Å². The predicted molar refractivity (Wildman–Crippen MR) is 102 cm³/mol. The Kier molecular flexibility index (Phi) is 4.17. The lowest BCUT2D eigenvalue weighted by Crippen LogP contribution is -2.48. The molecule has 2 atom stereocenters. The van der Waals surface area contributed by atoms with Gasteiger partial charge in [0.2, 0.25) is 0 Å². The highest BCUT2D eigenvalue weighted by Crippen LogP contribution is 2.48. The molecule has 1 aliphatic rings. The van der Waals surface area contributed by atoms with Crippen molar-refractivity contribution in [2.45, 2.75) is 38.6 Å². The highest BCUT2D eigenvalue weighted by Gasteiger charge is 2.45. The molecular weight excluding hydrogens is 364 g/mol. The standard InChI is InChI=1S/C21H20O7/c1-4-26-20(25)12-9-13(22)27-18-14(12)10-7-5-6-8-11(10)17-15(18)16(23)19(24)21(2,3)28-17/h5-9,16,19,23-24H,4H2,1-3H3/t16-,19-/m0/s1. The summed E-state index contributed by atoms with van der Waals surface area (Å²) >= 11 is 0. The number of aliphatic hydroxyl groups excluding tert-OH is 2. The number of hydrogen-bond donors (Lipinski definition) is 2. The first-order valence-corrected chi connectivity index (χ1v) is 9.01. The molecule has 0 aliphatic carbocycles. The van der Waals surface area contributed by atoms with Crippen LogP contribution in [0.25, 0.3) is 21.7 Å². The third-order valence-corrected chi connectivity index (χ3v) is 5.06. The first kappa shape index (κ1) is 18.5. The van der Waals surface area contributed by atoms with Gasteiger partial charge in [-0.05, 0) is 26.2 Å². The molecule has 1 aromatic heterocycles. The monoisotopic (exact) mass is 384 g/mol. The van der Waals surface area contributed by atoms with Gasteiger partial charge in [0, 0.05) is 16.8 Å². The van der Waals surface area contributed by atoms with Gasteiger partial charge in [-0.15, -0.1) is 0 Å². The zero-order chi connectivity index (χ0) is 20.2. The molecule has 0 amide bonds. The number of esters is 1. The lowest BCUT2D eigenvalue weighted by molar-refractivity contribution is -0.110. The molecule has 4 rings (SSSR count). The van der Waals surface area contributed by atoms with Crippen molar-refractivity contribution in [2.24, 2.45) is 0 Å². The SMILES string of the molecule is CCOC(=O)c1cc(=O)oc2c3c(c4ccccc4c12)OC(C)(C)[C@@H](O)[C@H]3O. The van der Waals surface area contributed by atoms with E-state index < -0.39 is 29.4 Å². The molecule has 0 unspecified atom stereocenters. The van der Waals surface area contributed by atoms with Crippen molar-refractivity contribution >= 4 is 27.7 Å². The minimum atomic E-state index is -1.37. The van der Waals surface area contributed by atoms with Gasteiger partial charge in [-0.2, -0.15) is 0 Å². The Hall–Kier alpha value is -2.90. The number of hydrogen-bond acceptors (Lipinski definition) is 7. The van der Waals surface area contributed by atoms with Crippen LogP contribution in [0.15, 0.2) is 39.5 Å². The molecule has 2 N–H and O–H groups in total. The zero-order valence-corrected chi connectivity index (χ0v) is 15.7. The predicted octanol–water partition coefficient (Wildman–Crippen LogP) is 2.69. The lowest BCUT2D eigenvalue weighted by Gasteiger charge is -2.40. The number of rotatable bonds is 2. The Morgan fingerprint density at radius 1 is 1.21 bits per heavy atom. The summed E-state index contributed by atoms with van der Waals surface area (Å²) in [5, 5.41) is 22.9. The summed E-state index contributed by atoms with van der Waals surface area (Å²) < 4.78 is 16.5. The van der Waals surface area contributed by atoms with Crippen LogP contribution >= 0.6 is 0 Å². The average Bonchev–Trinajstić information content (AvgIpc) is 2.65. The van der Waals surface area contributed by atoms with E-state index in [-0.39, 0.29) is 23.3 Å². The maximum Gasteiger partial charge on any atom is 0.339 e. The van der Waals surface area contributed by atoms with Gasteiger partial charge in [-0.25, -0.2) is 9.59 Å². The Balaban J connectivity index is 2.22. The number of benzene rings is 2. The van der Waals surface area contributed by atoms with E-state index >= 15 is 0 Å². The molecule has 146 valence electrons. The average molecular weight is 384 g/mol. The minimum Gasteiger partial charge on any atom is -0.484 e. The summed E-state index contributed by atoms with van der Waals surface area (Å²) in [7, 11) is 0. The van der Waals surface area contributed by atoms with E-state index in [2.05, 4.69) is 0 Å². The summed E-state index contributed by atoms with van der Waals surface area (Å²) in [6, 6.07) is 8.22. The van der Waals surface area contributed by atoms with E-state index in [9.17, 15) is 19.8 Å². The van der Waals surface area contributed by atoms with Gasteiger partial charge in [-0.3, -0.25) is 0 Å². The molecule has 0 saturated carbocycles. The van der Waals surface area contributed by atoms with Crippen LogP contribution in [0.5, 0.6) is 5.75 Å². The first-order valence-electron chi connectivity index (χ1n) is 9.01. The highest BCUT2D eigenvalue weighted by molar-refractivity contribution is 6.18. The highest BCUT2D eigenvalue weighted by atomic mass is 16.5. The number of carbonyl (C=O) groups excluding carboxylic acids is 1. The number of aliphatic hydroxyl groups is 2. The van der Waals surface area contributed by atoms with Crippen LogP contribution in [0.3, 0.4) is 0 Å². The summed E-state index contributed by atoms with van der Waals surface area (Å²) in [4.78, 5) is 24.7. The van der Waals surface area contributed by atoms with E-state index in [0.717, 1.165) is 6.07 Å². The Morgan fingerprint density at radius 3 is 2.57 bits per heavy atom. The second-order valence-electron chi connectivity index (χ2n) is 7.29. The molecule has 7 nitrogen and oxygen atoms in total. The molecule has 3 aromatic rings. The molecule has 0 fully saturated rings. The van der Waals surface area contributed by atoms with Crippen molar-refractivity contribution in [1.82, 2.24) is 0 Å². The van der Waals surface area contributed by atoms with Gasteiger partial charge in [0.15, 0.2) is 0 Å². The van der Waals surface area contributed by atoms with Crippen molar-refractivity contribution in [3.8, 4) is 5.75 Å². The molecule has 28 heavy (non-hydrogen) atoms. The van der Waals surface area contributed by atoms with Crippen LogP contribution in [0, 0.1) is 0 Å². The van der Waals surface area contributed by atoms with Crippen molar-refractivity contribution < 1.29 is 28.9 Å². The molecular formula is C21H20O7. The first-order chi connectivity index (χ1) is 13.3. The summed E-state index contributed by atoms with van der Waals surface area (Å²) in [6.07, 6.45) is -2.63. The maximum absolute atomic E-state index is 12.5. The molecule has 2 aromatic carbocycles. The van der Waals surface area contributed by atoms with Crippen LogP contribution in [0.1, 0.15) is 42.8 Å². The van der Waals surface area contributed by atoms with Gasteiger partial charge < -0.3 is 24.1 Å². The Bertz CT molecular complexity index is 1160. The third-order valence-electron chi connectivity index (χ3n) is 5.06. The van der Waals surface area contributed by atoms with E-state index in [0.29, 0.717) is 21.9 Å². The number of ether oxygens (including phenoxy) is 2. The number of carbonyl (C=O) groups is 1. The van der Waals surface area contributed by atoms with Crippen molar-refractivity contribution in [2.75, 3.05) is 6.61 Å². The number of fused-ring (bicyclic) bond motifs is 6. The van der Waals surface area contributed by atoms with E-state index in [1.54, 1.807) is 45.0 Å². The van der Waals surface area contributed by atoms with E-state index in [4.69, 9.17) is 13.9 Å². The summed E-state index contributed by atoms with van der Waals surface area (Å²) in [5.74, 6) is -0.354. The molecule has 7 heteroatoms. The van der Waals surface area contributed by atoms with Gasteiger partial charge in [0.25, 0.3) is 0 Å². The van der Waals surface area contributed by atoms with Crippen LogP contribution in [0.2, 0.25) is 0 Å². The molecule has 2 heterocycles. The normalized spacial score (nSPS) is 20.6. The zero-order valence-electron chi connectivity index (χ0n) is 15.7. The fourth-order valence-electron chi connectivity index (χ4n) is 3.71. The van der Waals surface area contributed by atoms with Crippen LogP contribution in [0.4, 0.5) is 0 Å². The van der Waals surface area contributed by atoms with Gasteiger partial charge in [0.1, 0.15) is 29.1 Å². The molecule has 0 saturated heterocycles. The van der Waals surface area contributed by atoms with Crippen LogP contribution in [-0.4, -0.2) is 34.5 Å². The van der Waals surface area contributed by atoms with Crippen molar-refractivity contribution in [3.63, 3.8) is 0 Å². The third kappa shape index (κ3) is 2.58. The molecule has 0 bridgehead atoms. The fraction of sp³-hybridized carbons (Fsp3) is 0.333. The second kappa shape index (κ2) is 6.32. The molecule has 0 radical (unpaired) electrons. The van der Waals surface area contributed by atoms with Gasteiger partial charge >= 0.3 is 11.6 Å². The topological polar surface area (TPSA) is 106 Å². The quantitative estimate of drug-likeness (QED) is 0.397. The van der Waals surface area contributed by atoms with E-state index in [1.165, 1.54) is 0 Å². The maximum atomic E-state index is 12.5. The summed E-state index contributed by atoms with van der Waals surface area (Å²) in [6.45, 7) is 5.13. The largest absolute Gasteiger partial charge is 0.484 e. The van der Waals surface area contributed by atoms with Gasteiger partial charge in [0.05, 0.1) is 17.7 Å². The Labute approximate surface area is 160 Å². The van der Waals surface area contributed by atoms with Crippen LogP contribution in [-0.2, 0) is 4.74 Å². The lowest BCUT2D eigenvalue weighted by atomic mass is 9.85. The summed E-state index contributed by atoms with van der Waals surface area (Å²) in [5.41, 5.74) is -1.64. The molecule has 1 aliphatic heterocycles. The smallest absolute Gasteiger partial charge is 0.339 e. The molecule has 0 spiro atoms. The Morgan fingerprint density at radius 2 is 1.89 bits per heavy atom.